The second kappa shape index (κ2) is 9.48. The molecule has 170 valence electrons. The summed E-state index contributed by atoms with van der Waals surface area (Å²) in [5.74, 6) is 0.600. The number of hydrogen-bond donors (Lipinski definition) is 0. The predicted octanol–water partition coefficient (Wildman–Crippen LogP) is 8.55. The maximum Gasteiger partial charge on any atom is 0.0484 e. The Bertz CT molecular complexity index is 1580. The Morgan fingerprint density at radius 3 is 2.23 bits per heavy atom. The van der Waals surface area contributed by atoms with Gasteiger partial charge in [-0.15, -0.1) is 0 Å². The first-order chi connectivity index (χ1) is 17.3. The van der Waals surface area contributed by atoms with Crippen LogP contribution in [-0.2, 0) is 12.8 Å². The van der Waals surface area contributed by atoms with Gasteiger partial charge in [0.2, 0.25) is 0 Å². The zero-order valence-corrected chi connectivity index (χ0v) is 20.1. The smallest absolute Gasteiger partial charge is 0.0484 e. The molecule has 7 rings (SSSR count). The van der Waals surface area contributed by atoms with Crippen LogP contribution in [0.4, 0.5) is 0 Å². The van der Waals surface area contributed by atoms with E-state index in [0.29, 0.717) is 5.92 Å². The number of aryl methyl sites for hydroxylation is 1. The third-order valence-electron chi connectivity index (χ3n) is 7.15. The van der Waals surface area contributed by atoms with E-state index in [0.717, 1.165) is 23.3 Å². The maximum absolute atomic E-state index is 6.38. The summed E-state index contributed by atoms with van der Waals surface area (Å²) in [6.07, 6.45) is 10.9. The Balaban J connectivity index is 0.000000191. The molecule has 0 aliphatic heterocycles. The number of hydrogen-bond acceptors (Lipinski definition) is 2. The molecule has 0 saturated heterocycles. The molecule has 0 saturated carbocycles. The molecule has 0 amide bonds. The summed E-state index contributed by atoms with van der Waals surface area (Å²) in [5, 5.41) is 8.38. The van der Waals surface area contributed by atoms with Crippen LogP contribution in [0.25, 0.3) is 32.3 Å². The van der Waals surface area contributed by atoms with Gasteiger partial charge in [0.25, 0.3) is 0 Å². The third kappa shape index (κ3) is 4.26. The molecule has 0 radical (unpaired) electrons. The first kappa shape index (κ1) is 21.8. The number of fused-ring (bicyclic) bond motifs is 6. The molecule has 1 unspecified atom stereocenters. The lowest BCUT2D eigenvalue weighted by Gasteiger charge is -2.26. The zero-order chi connectivity index (χ0) is 23.6. The SMILES string of the molecule is Clc1cccc2c1ccc1c3c(ccc12)CC(c1ccncc1)CC3.c1ccc2cnccc2c1. The van der Waals surface area contributed by atoms with Gasteiger partial charge >= 0.3 is 0 Å². The van der Waals surface area contributed by atoms with Gasteiger partial charge in [-0.1, -0.05) is 72.3 Å². The number of aromatic nitrogens is 2. The van der Waals surface area contributed by atoms with Crippen molar-refractivity contribution in [1.29, 1.82) is 0 Å². The van der Waals surface area contributed by atoms with Crippen LogP contribution >= 0.6 is 11.6 Å². The van der Waals surface area contributed by atoms with Gasteiger partial charge < -0.3 is 0 Å². The van der Waals surface area contributed by atoms with E-state index in [9.17, 15) is 0 Å². The number of nitrogens with zero attached hydrogens (tertiary/aromatic N) is 2. The van der Waals surface area contributed by atoms with E-state index >= 15 is 0 Å². The van der Waals surface area contributed by atoms with Crippen molar-refractivity contribution < 1.29 is 0 Å². The Hall–Kier alpha value is -3.75. The molecule has 0 bridgehead atoms. The van der Waals surface area contributed by atoms with Crippen LogP contribution in [0.3, 0.4) is 0 Å². The minimum atomic E-state index is 0.600. The topological polar surface area (TPSA) is 25.8 Å². The first-order valence-electron chi connectivity index (χ1n) is 12.1. The highest BCUT2D eigenvalue weighted by Gasteiger charge is 2.22. The number of halogens is 1. The molecule has 2 aromatic heterocycles. The average Bonchev–Trinajstić information content (AvgIpc) is 2.93. The zero-order valence-electron chi connectivity index (χ0n) is 19.4. The van der Waals surface area contributed by atoms with Gasteiger partial charge in [-0.3, -0.25) is 9.97 Å². The van der Waals surface area contributed by atoms with Crippen molar-refractivity contribution in [2.45, 2.75) is 25.2 Å². The summed E-state index contributed by atoms with van der Waals surface area (Å²) in [6.45, 7) is 0. The van der Waals surface area contributed by atoms with Gasteiger partial charge in [-0.2, -0.15) is 0 Å². The fraction of sp³-hybridized carbons (Fsp3) is 0.125. The molecule has 0 fully saturated rings. The van der Waals surface area contributed by atoms with Crippen molar-refractivity contribution in [3.8, 4) is 0 Å². The normalized spacial score (nSPS) is 14.9. The summed E-state index contributed by atoms with van der Waals surface area (Å²) in [7, 11) is 0. The Kier molecular flexibility index (Phi) is 5.89. The molecule has 0 spiro atoms. The monoisotopic (exact) mass is 472 g/mol. The first-order valence-corrected chi connectivity index (χ1v) is 12.5. The third-order valence-corrected chi connectivity index (χ3v) is 7.48. The van der Waals surface area contributed by atoms with Gasteiger partial charge in [0.15, 0.2) is 0 Å². The Morgan fingerprint density at radius 2 is 1.37 bits per heavy atom. The average molecular weight is 473 g/mol. The van der Waals surface area contributed by atoms with E-state index in [2.05, 4.69) is 64.6 Å². The molecule has 6 aromatic rings. The minimum absolute atomic E-state index is 0.600. The molecule has 2 heterocycles. The summed E-state index contributed by atoms with van der Waals surface area (Å²) < 4.78 is 0. The molecule has 35 heavy (non-hydrogen) atoms. The van der Waals surface area contributed by atoms with Crippen LogP contribution in [-0.4, -0.2) is 9.97 Å². The second-order valence-electron chi connectivity index (χ2n) is 9.14. The fourth-order valence-corrected chi connectivity index (χ4v) is 5.60. The summed E-state index contributed by atoms with van der Waals surface area (Å²) in [4.78, 5) is 8.16. The van der Waals surface area contributed by atoms with Crippen molar-refractivity contribution in [2.75, 3.05) is 0 Å². The van der Waals surface area contributed by atoms with E-state index < -0.39 is 0 Å². The van der Waals surface area contributed by atoms with E-state index in [-0.39, 0.29) is 0 Å². The fourth-order valence-electron chi connectivity index (χ4n) is 5.36. The standard InChI is InChI=1S/C23H18ClN.C9H7N/c24-23-3-1-2-19-21-7-5-17-14-16(15-10-12-25-13-11-15)4-6-18(17)20(21)8-9-22(19)23;1-2-4-9-7-10-6-5-8(9)3-1/h1-3,5,7-13,16H,4,6,14H2;1-7H. The van der Waals surface area contributed by atoms with Crippen LogP contribution in [0.15, 0.2) is 110 Å². The quantitative estimate of drug-likeness (QED) is 0.224. The molecule has 1 aliphatic rings. The molecule has 1 aliphatic carbocycles. The van der Waals surface area contributed by atoms with Crippen molar-refractivity contribution in [3.63, 3.8) is 0 Å². The minimum Gasteiger partial charge on any atom is -0.265 e. The highest BCUT2D eigenvalue weighted by molar-refractivity contribution is 6.36. The van der Waals surface area contributed by atoms with E-state index in [4.69, 9.17) is 11.6 Å². The maximum atomic E-state index is 6.38. The second-order valence-corrected chi connectivity index (χ2v) is 9.55. The van der Waals surface area contributed by atoms with Crippen LogP contribution in [0, 0.1) is 0 Å². The molecule has 4 aromatic carbocycles. The molecule has 1 atom stereocenters. The van der Waals surface area contributed by atoms with Gasteiger partial charge in [-0.25, -0.2) is 0 Å². The predicted molar refractivity (Wildman–Crippen MR) is 147 cm³/mol. The lowest BCUT2D eigenvalue weighted by atomic mass is 9.78. The highest BCUT2D eigenvalue weighted by Crippen LogP contribution is 2.38. The van der Waals surface area contributed by atoms with E-state index in [1.807, 2.05) is 55.1 Å². The molecular weight excluding hydrogens is 448 g/mol. The van der Waals surface area contributed by atoms with Crippen molar-refractivity contribution in [3.05, 3.63) is 131 Å². The van der Waals surface area contributed by atoms with Crippen LogP contribution in [0.2, 0.25) is 5.02 Å². The van der Waals surface area contributed by atoms with E-state index in [1.165, 1.54) is 50.0 Å². The Labute approximate surface area is 210 Å². The number of rotatable bonds is 1. The molecular formula is C32H25ClN2. The summed E-state index contributed by atoms with van der Waals surface area (Å²) in [6, 6.07) is 29.7. The largest absolute Gasteiger partial charge is 0.265 e. The molecule has 3 heteroatoms. The van der Waals surface area contributed by atoms with Crippen LogP contribution in [0.1, 0.15) is 29.0 Å². The molecule has 2 nitrogen and oxygen atoms in total. The van der Waals surface area contributed by atoms with Crippen molar-refractivity contribution in [2.24, 2.45) is 0 Å². The number of pyridine rings is 2. The summed E-state index contributed by atoms with van der Waals surface area (Å²) >= 11 is 6.38. The number of benzene rings is 4. The van der Waals surface area contributed by atoms with Crippen molar-refractivity contribution in [1.82, 2.24) is 9.97 Å². The lowest BCUT2D eigenvalue weighted by Crippen LogP contribution is -2.13. The van der Waals surface area contributed by atoms with Crippen molar-refractivity contribution >= 4 is 43.9 Å². The Morgan fingerprint density at radius 1 is 0.629 bits per heavy atom. The highest BCUT2D eigenvalue weighted by atomic mass is 35.5. The van der Waals surface area contributed by atoms with E-state index in [1.54, 1.807) is 0 Å². The van der Waals surface area contributed by atoms with Crippen LogP contribution < -0.4 is 0 Å². The van der Waals surface area contributed by atoms with Gasteiger partial charge in [0.1, 0.15) is 0 Å². The molecule has 0 N–H and O–H groups in total. The van der Waals surface area contributed by atoms with Gasteiger partial charge in [0.05, 0.1) is 0 Å². The van der Waals surface area contributed by atoms with Gasteiger partial charge in [0, 0.05) is 35.2 Å². The van der Waals surface area contributed by atoms with Gasteiger partial charge in [-0.05, 0) is 93.1 Å². The van der Waals surface area contributed by atoms with Crippen LogP contribution in [0.5, 0.6) is 0 Å². The summed E-state index contributed by atoms with van der Waals surface area (Å²) in [5.41, 5.74) is 4.41. The lowest BCUT2D eigenvalue weighted by molar-refractivity contribution is 0.587.